The molecule has 0 bridgehead atoms. The van der Waals surface area contributed by atoms with E-state index in [9.17, 15) is 23.3 Å². The molecule has 12 heteroatoms. The van der Waals surface area contributed by atoms with Gasteiger partial charge in [0.15, 0.2) is 0 Å². The molecule has 0 saturated carbocycles. The zero-order valence-electron chi connectivity index (χ0n) is 21.8. The third-order valence-corrected chi connectivity index (χ3v) is 7.49. The number of piperidine rings is 2. The number of hydrogen-bond donors (Lipinski definition) is 1. The summed E-state index contributed by atoms with van der Waals surface area (Å²) in [6, 6.07) is 11.1. The first-order valence-corrected chi connectivity index (χ1v) is 13.5. The summed E-state index contributed by atoms with van der Waals surface area (Å²) in [5.74, 6) is 0.870. The number of rotatable bonds is 9. The molecule has 2 aliphatic rings. The summed E-state index contributed by atoms with van der Waals surface area (Å²) in [6.07, 6.45) is -1.47. The van der Waals surface area contributed by atoms with E-state index in [4.69, 9.17) is 21.7 Å². The summed E-state index contributed by atoms with van der Waals surface area (Å²) in [4.78, 5) is 15.1. The van der Waals surface area contributed by atoms with Gasteiger partial charge in [-0.15, -0.1) is 0 Å². The van der Waals surface area contributed by atoms with Gasteiger partial charge in [-0.2, -0.15) is 13.2 Å². The molecule has 0 aromatic heterocycles. The number of nitrogens with zero attached hydrogens (tertiary/aromatic N) is 3. The fourth-order valence-corrected chi connectivity index (χ4v) is 5.25. The van der Waals surface area contributed by atoms with Crippen LogP contribution in [0.1, 0.15) is 38.2 Å². The Hall–Kier alpha value is -3.12. The molecule has 0 unspecified atom stereocenters. The van der Waals surface area contributed by atoms with Crippen molar-refractivity contribution in [1.82, 2.24) is 4.90 Å². The van der Waals surface area contributed by atoms with Crippen molar-refractivity contribution in [2.45, 2.75) is 50.9 Å². The van der Waals surface area contributed by atoms with Crippen LogP contribution in [0.5, 0.6) is 5.75 Å². The molecule has 212 valence electrons. The number of nitro groups is 1. The van der Waals surface area contributed by atoms with E-state index in [0.29, 0.717) is 39.1 Å². The fraction of sp³-hybridized carbons (Fsp3) is 0.519. The average Bonchev–Trinajstić information content (AvgIpc) is 2.92. The monoisotopic (exact) mass is 566 g/mol. The van der Waals surface area contributed by atoms with Gasteiger partial charge in [-0.1, -0.05) is 12.2 Å². The van der Waals surface area contributed by atoms with Gasteiger partial charge in [-0.05, 0) is 69.0 Å². The van der Waals surface area contributed by atoms with E-state index in [0.717, 1.165) is 48.8 Å². The van der Waals surface area contributed by atoms with Gasteiger partial charge >= 0.3 is 6.18 Å². The Balaban J connectivity index is 1.19. The number of thiocarbonyl (C=S) groups is 1. The molecule has 2 heterocycles. The van der Waals surface area contributed by atoms with Gasteiger partial charge < -0.3 is 24.6 Å². The normalized spacial score (nSPS) is 17.2. The quantitative estimate of drug-likeness (QED) is 0.228. The van der Waals surface area contributed by atoms with Crippen molar-refractivity contribution in [3.63, 3.8) is 0 Å². The molecule has 39 heavy (non-hydrogen) atoms. The maximum absolute atomic E-state index is 13.3. The topological polar surface area (TPSA) is 80.1 Å². The number of benzene rings is 2. The number of nitrogens with one attached hydrogen (secondary N) is 1. The molecule has 0 radical (unpaired) electrons. The van der Waals surface area contributed by atoms with E-state index < -0.39 is 22.4 Å². The van der Waals surface area contributed by atoms with Crippen LogP contribution in [-0.2, 0) is 10.9 Å². The summed E-state index contributed by atoms with van der Waals surface area (Å²) in [7, 11) is 0. The van der Waals surface area contributed by atoms with Gasteiger partial charge in [0.2, 0.25) is 0 Å². The maximum Gasteiger partial charge on any atom is 0.423 e. The number of nitro benzene ring substituents is 1. The van der Waals surface area contributed by atoms with Gasteiger partial charge in [0, 0.05) is 49.7 Å². The molecule has 8 nitrogen and oxygen atoms in total. The lowest BCUT2D eigenvalue weighted by Gasteiger charge is -2.36. The Morgan fingerprint density at radius 3 is 2.33 bits per heavy atom. The van der Waals surface area contributed by atoms with Gasteiger partial charge in [0.25, 0.3) is 5.69 Å². The SMILES string of the molecule is CCOc1ccc(N2CCC(OCC(=S)N3CCC(Nc4ccc([N+](=O)[O-])c(C(F)(F)F)c4)CC3)CC2)cc1. The summed E-state index contributed by atoms with van der Waals surface area (Å²) >= 11 is 5.61. The van der Waals surface area contributed by atoms with E-state index >= 15 is 0 Å². The van der Waals surface area contributed by atoms with E-state index in [2.05, 4.69) is 27.2 Å². The predicted molar refractivity (Wildman–Crippen MR) is 148 cm³/mol. The molecule has 0 aliphatic carbocycles. The highest BCUT2D eigenvalue weighted by Gasteiger charge is 2.38. The van der Waals surface area contributed by atoms with Gasteiger partial charge in [0.05, 0.1) is 24.2 Å². The van der Waals surface area contributed by atoms with E-state index in [-0.39, 0.29) is 17.8 Å². The molecule has 2 fully saturated rings. The van der Waals surface area contributed by atoms with Crippen LogP contribution in [0, 0.1) is 10.1 Å². The van der Waals surface area contributed by atoms with E-state index in [1.807, 2.05) is 19.1 Å². The largest absolute Gasteiger partial charge is 0.494 e. The predicted octanol–water partition coefficient (Wildman–Crippen LogP) is 5.90. The molecule has 2 aromatic carbocycles. The summed E-state index contributed by atoms with van der Waals surface area (Å²) in [5.41, 5.74) is -0.810. The first kappa shape index (κ1) is 28.9. The van der Waals surface area contributed by atoms with Crippen molar-refractivity contribution in [3.8, 4) is 5.75 Å². The molecule has 1 N–H and O–H groups in total. The van der Waals surface area contributed by atoms with Gasteiger partial charge in [-0.3, -0.25) is 10.1 Å². The first-order chi connectivity index (χ1) is 18.6. The van der Waals surface area contributed by atoms with Crippen LogP contribution in [0.25, 0.3) is 0 Å². The fourth-order valence-electron chi connectivity index (χ4n) is 5.00. The van der Waals surface area contributed by atoms with Crippen molar-refractivity contribution in [2.24, 2.45) is 0 Å². The molecule has 2 aliphatic heterocycles. The Morgan fingerprint density at radius 1 is 1.08 bits per heavy atom. The van der Waals surface area contributed by atoms with Gasteiger partial charge in [-0.25, -0.2) is 0 Å². The highest BCUT2D eigenvalue weighted by Crippen LogP contribution is 2.38. The third-order valence-electron chi connectivity index (χ3n) is 7.11. The third kappa shape index (κ3) is 7.72. The van der Waals surface area contributed by atoms with Crippen molar-refractivity contribution in [2.75, 3.05) is 49.6 Å². The lowest BCUT2D eigenvalue weighted by atomic mass is 10.0. The first-order valence-electron chi connectivity index (χ1n) is 13.1. The summed E-state index contributed by atoms with van der Waals surface area (Å²) in [5, 5.41) is 14.1. The molecule has 2 aromatic rings. The molecular weight excluding hydrogens is 533 g/mol. The molecule has 4 rings (SSSR count). The van der Waals surface area contributed by atoms with Crippen LogP contribution < -0.4 is 15.0 Å². The Bertz CT molecular complexity index is 1130. The molecular formula is C27H33F3N4O4S. The number of alkyl halides is 3. The van der Waals surface area contributed by atoms with Crippen LogP contribution in [0.2, 0.25) is 0 Å². The number of likely N-dealkylation sites (tertiary alicyclic amines) is 1. The maximum atomic E-state index is 13.3. The van der Waals surface area contributed by atoms with E-state index in [1.165, 1.54) is 11.8 Å². The van der Waals surface area contributed by atoms with Crippen molar-refractivity contribution in [3.05, 3.63) is 58.1 Å². The molecule has 0 atom stereocenters. The average molecular weight is 567 g/mol. The Kier molecular flexibility index (Phi) is 9.49. The van der Waals surface area contributed by atoms with Crippen LogP contribution in [0.3, 0.4) is 0 Å². The lowest BCUT2D eigenvalue weighted by Crippen LogP contribution is -2.44. The number of ether oxygens (including phenoxy) is 2. The standard InChI is InChI=1S/C27H33F3N4O4S/c1-2-37-22-6-4-21(5-7-22)32-15-11-23(12-16-32)38-18-26(39)33-13-9-19(10-14-33)31-20-3-8-25(34(35)36)24(17-20)27(28,29)30/h3-8,17,19,23,31H,2,9-16,18H2,1H3. The van der Waals surface area contributed by atoms with Crippen molar-refractivity contribution in [1.29, 1.82) is 0 Å². The zero-order valence-corrected chi connectivity index (χ0v) is 22.6. The van der Waals surface area contributed by atoms with Gasteiger partial charge in [0.1, 0.15) is 16.3 Å². The second kappa shape index (κ2) is 12.8. The number of anilines is 2. The van der Waals surface area contributed by atoms with Crippen LogP contribution in [0.15, 0.2) is 42.5 Å². The van der Waals surface area contributed by atoms with Crippen LogP contribution in [-0.4, -0.2) is 66.4 Å². The van der Waals surface area contributed by atoms with Crippen LogP contribution in [0.4, 0.5) is 30.2 Å². The second-order valence-electron chi connectivity index (χ2n) is 9.71. The van der Waals surface area contributed by atoms with E-state index in [1.54, 1.807) is 0 Å². The highest BCUT2D eigenvalue weighted by atomic mass is 32.1. The molecule has 2 saturated heterocycles. The zero-order chi connectivity index (χ0) is 28.0. The molecule has 0 spiro atoms. The minimum absolute atomic E-state index is 0.0561. The molecule has 0 amide bonds. The van der Waals surface area contributed by atoms with Crippen LogP contribution >= 0.6 is 12.2 Å². The minimum Gasteiger partial charge on any atom is -0.494 e. The minimum atomic E-state index is -4.80. The summed E-state index contributed by atoms with van der Waals surface area (Å²) in [6.45, 7) is 6.12. The lowest BCUT2D eigenvalue weighted by molar-refractivity contribution is -0.388. The van der Waals surface area contributed by atoms with Crippen molar-refractivity contribution >= 4 is 34.3 Å². The highest BCUT2D eigenvalue weighted by molar-refractivity contribution is 7.80. The summed E-state index contributed by atoms with van der Waals surface area (Å²) < 4.78 is 51.5. The number of halogens is 3. The smallest absolute Gasteiger partial charge is 0.423 e. The number of hydrogen-bond acceptors (Lipinski definition) is 7. The van der Waals surface area contributed by atoms with Crippen molar-refractivity contribution < 1.29 is 27.6 Å². The Morgan fingerprint density at radius 2 is 1.74 bits per heavy atom. The second-order valence-corrected chi connectivity index (χ2v) is 10.2. The Labute approximate surface area is 231 Å².